The Balaban J connectivity index is 1.69. The molecule has 2 aromatic rings. The van der Waals surface area contributed by atoms with Crippen LogP contribution in [0.3, 0.4) is 0 Å². The van der Waals surface area contributed by atoms with E-state index in [-0.39, 0.29) is 41.7 Å². The van der Waals surface area contributed by atoms with Crippen molar-refractivity contribution in [3.63, 3.8) is 0 Å². The molecule has 0 aromatic carbocycles. The maximum Gasteiger partial charge on any atom is 0.481 e. The zero-order chi connectivity index (χ0) is 39.9. The maximum atomic E-state index is 12.7. The van der Waals surface area contributed by atoms with Gasteiger partial charge in [0.25, 0.3) is 0 Å². The Bertz CT molecular complexity index is 1820. The maximum absolute atomic E-state index is 12.7. The Morgan fingerprint density at radius 1 is 1.11 bits per heavy atom. The van der Waals surface area contributed by atoms with Crippen LogP contribution in [-0.2, 0) is 45.9 Å². The molecule has 3 rings (SSSR count). The van der Waals surface area contributed by atoms with Gasteiger partial charge in [-0.1, -0.05) is 19.9 Å². The molecule has 1 aliphatic heterocycles. The van der Waals surface area contributed by atoms with Gasteiger partial charge in [0.15, 0.2) is 17.7 Å². The van der Waals surface area contributed by atoms with Gasteiger partial charge in [-0.05, 0) is 13.0 Å². The van der Waals surface area contributed by atoms with Crippen LogP contribution in [0.1, 0.15) is 44.0 Å². The third kappa shape index (κ3) is 12.7. The summed E-state index contributed by atoms with van der Waals surface area (Å²) in [5.41, 5.74) is 4.08. The number of nitrogens with one attached hydrogen (secondary N) is 2. The van der Waals surface area contributed by atoms with Crippen LogP contribution in [-0.4, -0.2) is 123 Å². The second-order valence-corrected chi connectivity index (χ2v) is 16.5. The number of ketones is 1. The van der Waals surface area contributed by atoms with E-state index in [1.807, 2.05) is 0 Å². The molecule has 7 atom stereocenters. The van der Waals surface area contributed by atoms with Gasteiger partial charge in [0.2, 0.25) is 23.4 Å². The number of carbonyl (C=O) groups is 3. The lowest BCUT2D eigenvalue weighted by Gasteiger charge is -2.30. The molecule has 298 valence electrons. The van der Waals surface area contributed by atoms with Crippen LogP contribution in [0, 0.1) is 5.41 Å². The van der Waals surface area contributed by atoms with E-state index < -0.39 is 84.4 Å². The number of thiol groups is 1. The van der Waals surface area contributed by atoms with Crippen LogP contribution in [0.2, 0.25) is 0 Å². The van der Waals surface area contributed by atoms with E-state index in [4.69, 9.17) is 19.5 Å². The molecule has 0 aliphatic carbocycles. The van der Waals surface area contributed by atoms with Crippen LogP contribution in [0.5, 0.6) is 0 Å². The largest absolute Gasteiger partial charge is 0.481 e. The molecule has 1 saturated heterocycles. The summed E-state index contributed by atoms with van der Waals surface area (Å²) >= 11 is 3.95. The quantitative estimate of drug-likeness (QED) is 0.0334. The first-order valence-corrected chi connectivity index (χ1v) is 20.4. The molecular weight excluding hydrogens is 795 g/mol. The lowest BCUT2D eigenvalue weighted by molar-refractivity contribution is -0.137. The minimum Gasteiger partial charge on any atom is -0.386 e. The Kier molecular flexibility index (Phi) is 15.4. The fourth-order valence-electron chi connectivity index (χ4n) is 4.54. The number of anilines is 1. The van der Waals surface area contributed by atoms with Crippen LogP contribution in [0.15, 0.2) is 18.5 Å². The van der Waals surface area contributed by atoms with Crippen molar-refractivity contribution >= 4 is 70.7 Å². The second-order valence-electron chi connectivity index (χ2n) is 11.8. The van der Waals surface area contributed by atoms with Crippen molar-refractivity contribution in [3.8, 4) is 0 Å². The first-order valence-electron chi connectivity index (χ1n) is 15.2. The molecule has 2 aromatic heterocycles. The van der Waals surface area contributed by atoms with Crippen LogP contribution in [0.4, 0.5) is 5.82 Å². The fourth-order valence-corrected chi connectivity index (χ4v) is 7.48. The van der Waals surface area contributed by atoms with Gasteiger partial charge in [0.1, 0.15) is 29.9 Å². The van der Waals surface area contributed by atoms with Crippen LogP contribution in [0.25, 0.3) is 11.2 Å². The summed E-state index contributed by atoms with van der Waals surface area (Å²) < 4.78 is 62.1. The first-order chi connectivity index (χ1) is 24.5. The Morgan fingerprint density at radius 3 is 2.40 bits per heavy atom. The lowest BCUT2D eigenvalue weighted by Crippen LogP contribution is -2.46. The zero-order valence-electron chi connectivity index (χ0n) is 28.2. The Morgan fingerprint density at radius 2 is 1.77 bits per heavy atom. The van der Waals surface area contributed by atoms with E-state index in [2.05, 4.69) is 47.0 Å². The van der Waals surface area contributed by atoms with Crippen molar-refractivity contribution in [2.75, 3.05) is 37.8 Å². The monoisotopic (exact) mass is 835 g/mol. The number of amides is 2. The normalized spacial score (nSPS) is 22.4. The average Bonchev–Trinajstić information content (AvgIpc) is 3.61. The molecule has 3 heterocycles. The number of nitrogens with zero attached hydrogens (tertiary/aromatic N) is 4. The summed E-state index contributed by atoms with van der Waals surface area (Å²) in [4.78, 5) is 87.7. The van der Waals surface area contributed by atoms with Gasteiger partial charge in [-0.25, -0.2) is 28.6 Å². The number of fused-ring (bicyclic) bond motifs is 1. The Hall–Kier alpha value is -2.70. The number of allylic oxidation sites excluding steroid dienone is 2. The summed E-state index contributed by atoms with van der Waals surface area (Å²) in [6.45, 7) is 2.15. The van der Waals surface area contributed by atoms with Gasteiger partial charge < -0.3 is 50.9 Å². The predicted octanol–water partition coefficient (Wildman–Crippen LogP) is -0.906. The highest BCUT2D eigenvalue weighted by Gasteiger charge is 2.50. The minimum atomic E-state index is -5.61. The van der Waals surface area contributed by atoms with Gasteiger partial charge in [-0.15, -0.1) is 0 Å². The number of hydrogen-bond donors (Lipinski definition) is 10. The number of nitrogen functional groups attached to an aromatic ring is 1. The number of aliphatic hydroxyl groups is 2. The third-order valence-electron chi connectivity index (χ3n) is 7.11. The van der Waals surface area contributed by atoms with Crippen LogP contribution < -0.4 is 16.4 Å². The van der Waals surface area contributed by atoms with Gasteiger partial charge in [-0.3, -0.25) is 32.5 Å². The van der Waals surface area contributed by atoms with E-state index in [9.17, 15) is 57.9 Å². The average molecular weight is 836 g/mol. The number of rotatable bonds is 20. The van der Waals surface area contributed by atoms with Crippen molar-refractivity contribution in [1.29, 1.82) is 0 Å². The molecule has 28 heteroatoms. The molecule has 24 nitrogen and oxygen atoms in total. The van der Waals surface area contributed by atoms with E-state index >= 15 is 0 Å². The summed E-state index contributed by atoms with van der Waals surface area (Å²) in [6, 6.07) is 0. The number of phosphoric acid groups is 3. The van der Waals surface area contributed by atoms with E-state index in [0.717, 1.165) is 17.0 Å². The summed E-state index contributed by atoms with van der Waals surface area (Å²) in [5, 5.41) is 26.3. The number of imidazole rings is 1. The molecule has 0 saturated carbocycles. The van der Waals surface area contributed by atoms with E-state index in [0.29, 0.717) is 12.3 Å². The zero-order valence-corrected chi connectivity index (χ0v) is 31.8. The van der Waals surface area contributed by atoms with Gasteiger partial charge in [0, 0.05) is 30.7 Å². The highest BCUT2D eigenvalue weighted by Crippen LogP contribution is 2.61. The Labute approximate surface area is 306 Å². The fraction of sp³-hybridized carbons (Fsp3) is 0.600. The summed E-state index contributed by atoms with van der Waals surface area (Å²) in [5.74, 6) is -2.21. The molecule has 0 bridgehead atoms. The summed E-state index contributed by atoms with van der Waals surface area (Å²) in [7, 11) is -16.5. The number of carbonyl (C=O) groups excluding carboxylic acids is 3. The number of ether oxygens (including phenoxy) is 1. The van der Waals surface area contributed by atoms with Crippen molar-refractivity contribution < 1.29 is 80.5 Å². The van der Waals surface area contributed by atoms with Gasteiger partial charge in [-0.2, -0.15) is 16.9 Å². The topological polar surface area (TPSA) is 364 Å². The van der Waals surface area contributed by atoms with Crippen LogP contribution >= 0.6 is 36.1 Å². The molecule has 10 N–H and O–H groups in total. The molecule has 2 unspecified atom stereocenters. The van der Waals surface area contributed by atoms with Gasteiger partial charge in [0.05, 0.1) is 19.5 Å². The number of phosphoric ester groups is 3. The molecule has 0 spiro atoms. The molecule has 1 aliphatic rings. The third-order valence-corrected chi connectivity index (χ3v) is 10.4. The SMILES string of the molecule is CC=CC(=O)c1nc(N)c2ncn([C@@H]3O[C@H](COP(=O)(O)OP(=O)(O)OCC(C)(C)[C@@H](O)C(=O)NCCC(=O)NCCS)[C@@H](OP(=O)(O)O)[C@H]3O)c2n1. The number of hydrogen-bond acceptors (Lipinski definition) is 18. The van der Waals surface area contributed by atoms with Crippen molar-refractivity contribution in [3.05, 3.63) is 24.3 Å². The van der Waals surface area contributed by atoms with Crippen molar-refractivity contribution in [2.45, 2.75) is 57.8 Å². The second kappa shape index (κ2) is 18.3. The molecule has 0 radical (unpaired) electrons. The first kappa shape index (κ1) is 44.7. The standard InChI is InChI=1S/C25H40N7O17P3S/c1-4-5-13(33)21-30-20(26)16-22(31-21)32(12-29-16)24-17(35)18(48-50(38,39)40)14(47-24)10-45-51(41,42)49-52(43,44)46-11-25(2,3)19(36)23(37)28-7-6-15(34)27-8-9-53/h4-5,12,14,17-19,24,35-36,53H,6-11H2,1-3H3,(H,27,34)(H,28,37)(H,41,42)(H,43,44)(H2,26,30,31)(H2,38,39,40)/t14-,17-,18-,19+,24-/m1/s1. The van der Waals surface area contributed by atoms with E-state index in [1.165, 1.54) is 19.9 Å². The number of aromatic nitrogens is 4. The molecule has 53 heavy (non-hydrogen) atoms. The predicted molar refractivity (Wildman–Crippen MR) is 183 cm³/mol. The van der Waals surface area contributed by atoms with Crippen molar-refractivity contribution in [2.24, 2.45) is 5.41 Å². The lowest BCUT2D eigenvalue weighted by atomic mass is 9.87. The highest BCUT2D eigenvalue weighted by atomic mass is 32.1. The molecular formula is C25H40N7O17P3S. The number of nitrogens with two attached hydrogens (primary N) is 1. The number of aliphatic hydroxyl groups excluding tert-OH is 2. The summed E-state index contributed by atoms with van der Waals surface area (Å²) in [6.07, 6.45) is -5.80. The van der Waals surface area contributed by atoms with E-state index in [1.54, 1.807) is 6.92 Å². The van der Waals surface area contributed by atoms with Crippen molar-refractivity contribution in [1.82, 2.24) is 30.2 Å². The highest BCUT2D eigenvalue weighted by molar-refractivity contribution is 7.80. The smallest absolute Gasteiger partial charge is 0.386 e. The molecule has 2 amide bonds. The molecule has 1 fully saturated rings. The van der Waals surface area contributed by atoms with Gasteiger partial charge >= 0.3 is 23.5 Å². The minimum absolute atomic E-state index is 0.0576.